The summed E-state index contributed by atoms with van der Waals surface area (Å²) >= 11 is 0. The predicted molar refractivity (Wildman–Crippen MR) is 70.9 cm³/mol. The van der Waals surface area contributed by atoms with E-state index in [4.69, 9.17) is 0 Å². The van der Waals surface area contributed by atoms with Crippen molar-refractivity contribution in [3.8, 4) is 0 Å². The van der Waals surface area contributed by atoms with Crippen LogP contribution in [0.5, 0.6) is 0 Å². The molecule has 0 bridgehead atoms. The molecule has 0 fully saturated rings. The maximum Gasteiger partial charge on any atom is 0.236 e. The van der Waals surface area contributed by atoms with Crippen LogP contribution in [0, 0.1) is 6.92 Å². The largest absolute Gasteiger partial charge is 0.355 e. The van der Waals surface area contributed by atoms with Gasteiger partial charge in [-0.1, -0.05) is 29.8 Å². The van der Waals surface area contributed by atoms with E-state index in [1.807, 2.05) is 19.9 Å². The Morgan fingerprint density at radius 2 is 2.06 bits per heavy atom. The van der Waals surface area contributed by atoms with Crippen LogP contribution in [0.1, 0.15) is 37.9 Å². The molecule has 0 heterocycles. The van der Waals surface area contributed by atoms with Crippen LogP contribution in [0.4, 0.5) is 0 Å². The number of hydrogen-bond donors (Lipinski definition) is 2. The summed E-state index contributed by atoms with van der Waals surface area (Å²) in [7, 11) is 0. The second kappa shape index (κ2) is 6.40. The van der Waals surface area contributed by atoms with E-state index < -0.39 is 0 Å². The molecule has 3 nitrogen and oxygen atoms in total. The highest BCUT2D eigenvalue weighted by molar-refractivity contribution is 5.81. The molecule has 1 aromatic carbocycles. The molecule has 2 atom stereocenters. The van der Waals surface area contributed by atoms with Crippen LogP contribution in [0.2, 0.25) is 0 Å². The average Bonchev–Trinajstić information content (AvgIpc) is 2.29. The van der Waals surface area contributed by atoms with Gasteiger partial charge in [-0.25, -0.2) is 0 Å². The zero-order valence-electron chi connectivity index (χ0n) is 11.1. The minimum absolute atomic E-state index is 0.0482. The molecule has 0 aliphatic rings. The number of likely N-dealkylation sites (N-methyl/N-ethyl adjacent to an activating group) is 1. The van der Waals surface area contributed by atoms with E-state index in [1.54, 1.807) is 0 Å². The van der Waals surface area contributed by atoms with Gasteiger partial charge in [0.15, 0.2) is 0 Å². The Balaban J connectivity index is 2.60. The lowest BCUT2D eigenvalue weighted by atomic mass is 10.1. The molecule has 17 heavy (non-hydrogen) atoms. The lowest BCUT2D eigenvalue weighted by Crippen LogP contribution is -2.43. The van der Waals surface area contributed by atoms with Gasteiger partial charge in [-0.3, -0.25) is 10.1 Å². The number of benzene rings is 1. The standard InChI is InChI=1S/C14H22N2O/c1-5-15-14(17)12(4)16-11(3)13-8-6-7-10(2)9-13/h6-9,11-12,16H,5H2,1-4H3,(H,15,17)/t11-,12?/m1/s1. The zero-order valence-corrected chi connectivity index (χ0v) is 11.1. The van der Waals surface area contributed by atoms with Crippen LogP contribution in [-0.2, 0) is 4.79 Å². The summed E-state index contributed by atoms with van der Waals surface area (Å²) < 4.78 is 0. The summed E-state index contributed by atoms with van der Waals surface area (Å²) in [5.74, 6) is 0.0482. The van der Waals surface area contributed by atoms with Gasteiger partial charge in [0.1, 0.15) is 0 Å². The van der Waals surface area contributed by atoms with Crippen LogP contribution >= 0.6 is 0 Å². The molecule has 0 aliphatic carbocycles. The van der Waals surface area contributed by atoms with E-state index in [0.717, 1.165) is 0 Å². The number of hydrogen-bond acceptors (Lipinski definition) is 2. The number of rotatable bonds is 5. The molecule has 0 aromatic heterocycles. The Morgan fingerprint density at radius 1 is 1.35 bits per heavy atom. The molecule has 1 rings (SSSR count). The van der Waals surface area contributed by atoms with Crippen LogP contribution in [-0.4, -0.2) is 18.5 Å². The van der Waals surface area contributed by atoms with Gasteiger partial charge in [0.2, 0.25) is 5.91 Å². The molecule has 0 saturated heterocycles. The fourth-order valence-corrected chi connectivity index (χ4v) is 1.81. The summed E-state index contributed by atoms with van der Waals surface area (Å²) in [5.41, 5.74) is 2.45. The quantitative estimate of drug-likeness (QED) is 0.820. The molecule has 0 aliphatic heterocycles. The number of carbonyl (C=O) groups is 1. The lowest BCUT2D eigenvalue weighted by Gasteiger charge is -2.20. The van der Waals surface area contributed by atoms with E-state index >= 15 is 0 Å². The maximum absolute atomic E-state index is 11.6. The molecule has 94 valence electrons. The molecule has 0 radical (unpaired) electrons. The normalized spacial score (nSPS) is 14.1. The molecule has 0 spiro atoms. The SMILES string of the molecule is CCNC(=O)C(C)N[C@H](C)c1cccc(C)c1. The van der Waals surface area contributed by atoms with Gasteiger partial charge in [0.05, 0.1) is 6.04 Å². The fraction of sp³-hybridized carbons (Fsp3) is 0.500. The maximum atomic E-state index is 11.6. The van der Waals surface area contributed by atoms with Crippen molar-refractivity contribution in [3.05, 3.63) is 35.4 Å². The fourth-order valence-electron chi connectivity index (χ4n) is 1.81. The minimum atomic E-state index is -0.175. The van der Waals surface area contributed by atoms with Crippen LogP contribution in [0.15, 0.2) is 24.3 Å². The van der Waals surface area contributed by atoms with Crippen LogP contribution in [0.3, 0.4) is 0 Å². The molecule has 1 aromatic rings. The monoisotopic (exact) mass is 234 g/mol. The van der Waals surface area contributed by atoms with E-state index in [2.05, 4.69) is 42.7 Å². The highest BCUT2D eigenvalue weighted by Crippen LogP contribution is 2.14. The number of amides is 1. The average molecular weight is 234 g/mol. The first kappa shape index (κ1) is 13.7. The van der Waals surface area contributed by atoms with E-state index in [0.29, 0.717) is 6.54 Å². The number of nitrogens with one attached hydrogen (secondary N) is 2. The Kier molecular flexibility index (Phi) is 5.16. The highest BCUT2D eigenvalue weighted by Gasteiger charge is 2.15. The van der Waals surface area contributed by atoms with Crippen LogP contribution < -0.4 is 10.6 Å². The Hall–Kier alpha value is -1.35. The molecule has 2 N–H and O–H groups in total. The van der Waals surface area contributed by atoms with Gasteiger partial charge in [-0.2, -0.15) is 0 Å². The summed E-state index contributed by atoms with van der Waals surface area (Å²) in [6.45, 7) is 8.63. The van der Waals surface area contributed by atoms with Gasteiger partial charge in [-0.05, 0) is 33.3 Å². The van der Waals surface area contributed by atoms with Gasteiger partial charge >= 0.3 is 0 Å². The van der Waals surface area contributed by atoms with Crippen molar-refractivity contribution in [2.24, 2.45) is 0 Å². The van der Waals surface area contributed by atoms with Gasteiger partial charge in [0.25, 0.3) is 0 Å². The van der Waals surface area contributed by atoms with Crippen molar-refractivity contribution in [2.75, 3.05) is 6.54 Å². The highest BCUT2D eigenvalue weighted by atomic mass is 16.2. The second-order valence-corrected chi connectivity index (χ2v) is 4.42. The molecule has 3 heteroatoms. The molecule has 0 saturated carbocycles. The van der Waals surface area contributed by atoms with Gasteiger partial charge in [-0.15, -0.1) is 0 Å². The summed E-state index contributed by atoms with van der Waals surface area (Å²) in [6, 6.07) is 8.33. The topological polar surface area (TPSA) is 41.1 Å². The van der Waals surface area contributed by atoms with Crippen molar-refractivity contribution in [3.63, 3.8) is 0 Å². The van der Waals surface area contributed by atoms with Crippen molar-refractivity contribution in [2.45, 2.75) is 39.8 Å². The first-order valence-electron chi connectivity index (χ1n) is 6.15. The van der Waals surface area contributed by atoms with Crippen molar-refractivity contribution < 1.29 is 4.79 Å². The second-order valence-electron chi connectivity index (χ2n) is 4.42. The van der Waals surface area contributed by atoms with E-state index in [-0.39, 0.29) is 18.0 Å². The zero-order chi connectivity index (χ0) is 12.8. The van der Waals surface area contributed by atoms with E-state index in [1.165, 1.54) is 11.1 Å². The lowest BCUT2D eigenvalue weighted by molar-refractivity contribution is -0.122. The summed E-state index contributed by atoms with van der Waals surface area (Å²) in [4.78, 5) is 11.6. The minimum Gasteiger partial charge on any atom is -0.355 e. The van der Waals surface area contributed by atoms with Gasteiger partial charge in [0, 0.05) is 12.6 Å². The first-order valence-corrected chi connectivity index (χ1v) is 6.15. The Labute approximate surface area is 104 Å². The first-order chi connectivity index (χ1) is 8.04. The third-order valence-electron chi connectivity index (χ3n) is 2.79. The van der Waals surface area contributed by atoms with Crippen LogP contribution in [0.25, 0.3) is 0 Å². The van der Waals surface area contributed by atoms with E-state index in [9.17, 15) is 4.79 Å². The van der Waals surface area contributed by atoms with Crippen molar-refractivity contribution in [1.82, 2.24) is 10.6 Å². The summed E-state index contributed by atoms with van der Waals surface area (Å²) in [5, 5.41) is 6.11. The van der Waals surface area contributed by atoms with Crippen molar-refractivity contribution in [1.29, 1.82) is 0 Å². The number of aryl methyl sites for hydroxylation is 1. The Bertz CT molecular complexity index is 376. The van der Waals surface area contributed by atoms with Gasteiger partial charge < -0.3 is 5.32 Å². The van der Waals surface area contributed by atoms with Crippen molar-refractivity contribution >= 4 is 5.91 Å². The molecule has 1 unspecified atom stereocenters. The molecular weight excluding hydrogens is 212 g/mol. The molecular formula is C14H22N2O. The third kappa shape index (κ3) is 4.19. The predicted octanol–water partition coefficient (Wildman–Crippen LogP) is 2.17. The Morgan fingerprint density at radius 3 is 2.65 bits per heavy atom. The third-order valence-corrected chi connectivity index (χ3v) is 2.79. The summed E-state index contributed by atoms with van der Waals surface area (Å²) in [6.07, 6.45) is 0. The molecule has 1 amide bonds. The number of carbonyl (C=O) groups excluding carboxylic acids is 1. The smallest absolute Gasteiger partial charge is 0.236 e.